The van der Waals surface area contributed by atoms with Crippen molar-refractivity contribution in [1.82, 2.24) is 0 Å². The lowest BCUT2D eigenvalue weighted by Crippen LogP contribution is -1.98. The lowest BCUT2D eigenvalue weighted by atomic mass is 9.86. The van der Waals surface area contributed by atoms with Crippen LogP contribution >= 0.6 is 0 Å². The van der Waals surface area contributed by atoms with E-state index in [0.717, 1.165) is 12.8 Å². The number of allylic oxidation sites excluding steroid dienone is 1. The van der Waals surface area contributed by atoms with Gasteiger partial charge in [-0.25, -0.2) is 0 Å². The first-order valence-electron chi connectivity index (χ1n) is 8.77. The van der Waals surface area contributed by atoms with E-state index >= 15 is 0 Å². The van der Waals surface area contributed by atoms with Crippen molar-refractivity contribution in [2.45, 2.75) is 26.7 Å². The van der Waals surface area contributed by atoms with Gasteiger partial charge in [-0.2, -0.15) is 0 Å². The summed E-state index contributed by atoms with van der Waals surface area (Å²) in [6.07, 6.45) is 2.05. The Hall–Kier alpha value is -2.60. The summed E-state index contributed by atoms with van der Waals surface area (Å²) in [6.45, 7) is 4.48. The van der Waals surface area contributed by atoms with Gasteiger partial charge in [0.25, 0.3) is 0 Å². The second kappa shape index (κ2) is 7.79. The van der Waals surface area contributed by atoms with Gasteiger partial charge in [0, 0.05) is 0 Å². The van der Waals surface area contributed by atoms with Crippen LogP contribution in [0.25, 0.3) is 11.1 Å². The molecular formula is C24H24. The van der Waals surface area contributed by atoms with E-state index in [1.54, 1.807) is 0 Å². The van der Waals surface area contributed by atoms with Gasteiger partial charge in [-0.05, 0) is 46.2 Å². The quantitative estimate of drug-likeness (QED) is 0.464. The number of hydrogen-bond acceptors (Lipinski definition) is 0. The lowest BCUT2D eigenvalue weighted by Gasteiger charge is -2.18. The summed E-state index contributed by atoms with van der Waals surface area (Å²) in [5.74, 6) is 0. The summed E-state index contributed by atoms with van der Waals surface area (Å²) in [5.41, 5.74) is 8.12. The van der Waals surface area contributed by atoms with E-state index in [0.29, 0.717) is 0 Å². The van der Waals surface area contributed by atoms with Gasteiger partial charge in [0.05, 0.1) is 0 Å². The van der Waals surface area contributed by atoms with E-state index in [1.807, 2.05) is 0 Å². The molecule has 0 heterocycles. The fraction of sp³-hybridized carbons (Fsp3) is 0.167. The topological polar surface area (TPSA) is 0 Å². The fourth-order valence-electron chi connectivity index (χ4n) is 3.33. The summed E-state index contributed by atoms with van der Waals surface area (Å²) < 4.78 is 0. The number of rotatable bonds is 5. The maximum atomic E-state index is 2.26. The number of benzene rings is 3. The maximum Gasteiger partial charge on any atom is -0.00707 e. The SMILES string of the molecule is CCC(=C(c1ccccc1)c1ccccc1CC)c1ccccc1. The molecule has 0 atom stereocenters. The first kappa shape index (κ1) is 16.3. The van der Waals surface area contributed by atoms with Crippen LogP contribution in [0.15, 0.2) is 84.9 Å². The van der Waals surface area contributed by atoms with Crippen molar-refractivity contribution in [3.63, 3.8) is 0 Å². The predicted molar refractivity (Wildman–Crippen MR) is 105 cm³/mol. The summed E-state index contributed by atoms with van der Waals surface area (Å²) in [7, 11) is 0. The van der Waals surface area contributed by atoms with Crippen molar-refractivity contribution >= 4 is 11.1 Å². The smallest absolute Gasteiger partial charge is 0.00707 e. The molecule has 0 N–H and O–H groups in total. The molecular weight excluding hydrogens is 288 g/mol. The molecule has 0 aliphatic rings. The van der Waals surface area contributed by atoms with Gasteiger partial charge < -0.3 is 0 Å². The van der Waals surface area contributed by atoms with Gasteiger partial charge >= 0.3 is 0 Å². The lowest BCUT2D eigenvalue weighted by molar-refractivity contribution is 1.13. The third-order valence-corrected chi connectivity index (χ3v) is 4.51. The van der Waals surface area contributed by atoms with Crippen LogP contribution in [0.3, 0.4) is 0 Å². The first-order chi connectivity index (χ1) is 11.8. The third-order valence-electron chi connectivity index (χ3n) is 4.51. The molecule has 3 aromatic carbocycles. The molecule has 24 heavy (non-hydrogen) atoms. The average molecular weight is 312 g/mol. The zero-order chi connectivity index (χ0) is 16.8. The zero-order valence-electron chi connectivity index (χ0n) is 14.5. The van der Waals surface area contributed by atoms with E-state index in [1.165, 1.54) is 33.4 Å². The van der Waals surface area contributed by atoms with Crippen molar-refractivity contribution in [2.75, 3.05) is 0 Å². The highest BCUT2D eigenvalue weighted by Gasteiger charge is 2.14. The highest BCUT2D eigenvalue weighted by molar-refractivity contribution is 5.99. The molecule has 0 aliphatic carbocycles. The molecule has 0 heteroatoms. The van der Waals surface area contributed by atoms with Crippen LogP contribution in [0.5, 0.6) is 0 Å². The van der Waals surface area contributed by atoms with Gasteiger partial charge in [-0.3, -0.25) is 0 Å². The second-order valence-electron chi connectivity index (χ2n) is 5.95. The van der Waals surface area contributed by atoms with Gasteiger partial charge in [-0.1, -0.05) is 98.8 Å². The van der Waals surface area contributed by atoms with Gasteiger partial charge in [0.2, 0.25) is 0 Å². The van der Waals surface area contributed by atoms with E-state index < -0.39 is 0 Å². The summed E-state index contributed by atoms with van der Waals surface area (Å²) in [5, 5.41) is 0. The molecule has 0 radical (unpaired) electrons. The molecule has 0 unspecified atom stereocenters. The molecule has 0 bridgehead atoms. The first-order valence-corrected chi connectivity index (χ1v) is 8.77. The minimum Gasteiger partial charge on any atom is -0.0622 e. The van der Waals surface area contributed by atoms with Crippen LogP contribution < -0.4 is 0 Å². The maximum absolute atomic E-state index is 2.26. The Morgan fingerprint density at radius 1 is 0.625 bits per heavy atom. The molecule has 0 amide bonds. The molecule has 0 saturated heterocycles. The van der Waals surface area contributed by atoms with Crippen molar-refractivity contribution in [3.05, 3.63) is 107 Å². The monoisotopic (exact) mass is 312 g/mol. The Kier molecular flexibility index (Phi) is 5.28. The summed E-state index contributed by atoms with van der Waals surface area (Å²) in [6, 6.07) is 30.3. The minimum atomic E-state index is 1.01. The zero-order valence-corrected chi connectivity index (χ0v) is 14.5. The van der Waals surface area contributed by atoms with Gasteiger partial charge in [0.1, 0.15) is 0 Å². The Labute approximate surface area is 145 Å². The molecule has 0 spiro atoms. The van der Waals surface area contributed by atoms with E-state index in [2.05, 4.69) is 98.8 Å². The van der Waals surface area contributed by atoms with E-state index in [9.17, 15) is 0 Å². The molecule has 0 aliphatic heterocycles. The van der Waals surface area contributed by atoms with E-state index in [-0.39, 0.29) is 0 Å². The molecule has 0 saturated carbocycles. The van der Waals surface area contributed by atoms with Crippen LogP contribution in [0.1, 0.15) is 42.5 Å². The van der Waals surface area contributed by atoms with E-state index in [4.69, 9.17) is 0 Å². The van der Waals surface area contributed by atoms with Crippen LogP contribution in [0.4, 0.5) is 0 Å². The molecule has 3 rings (SSSR count). The average Bonchev–Trinajstić information content (AvgIpc) is 2.67. The van der Waals surface area contributed by atoms with Crippen LogP contribution in [-0.4, -0.2) is 0 Å². The van der Waals surface area contributed by atoms with Crippen LogP contribution in [-0.2, 0) is 6.42 Å². The van der Waals surface area contributed by atoms with Crippen LogP contribution in [0.2, 0.25) is 0 Å². The fourth-order valence-corrected chi connectivity index (χ4v) is 3.33. The highest BCUT2D eigenvalue weighted by Crippen LogP contribution is 2.35. The Morgan fingerprint density at radius 3 is 1.75 bits per heavy atom. The van der Waals surface area contributed by atoms with Gasteiger partial charge in [0.15, 0.2) is 0 Å². The molecule has 3 aromatic rings. The molecule has 0 nitrogen and oxygen atoms in total. The summed E-state index contributed by atoms with van der Waals surface area (Å²) >= 11 is 0. The van der Waals surface area contributed by atoms with Crippen molar-refractivity contribution in [3.8, 4) is 0 Å². The Morgan fingerprint density at radius 2 is 1.17 bits per heavy atom. The predicted octanol–water partition coefficient (Wildman–Crippen LogP) is 6.62. The largest absolute Gasteiger partial charge is 0.0622 e. The Bertz CT molecular complexity index is 811. The van der Waals surface area contributed by atoms with Crippen LogP contribution in [0, 0.1) is 0 Å². The van der Waals surface area contributed by atoms with Gasteiger partial charge in [-0.15, -0.1) is 0 Å². The molecule has 120 valence electrons. The standard InChI is InChI=1S/C24H24/c1-3-19-13-11-12-18-23(19)24(21-16-9-6-10-17-21)22(4-2)20-14-7-5-8-15-20/h5-18H,3-4H2,1-2H3. The highest BCUT2D eigenvalue weighted by atomic mass is 14.2. The number of hydrogen-bond donors (Lipinski definition) is 0. The summed E-state index contributed by atoms with van der Waals surface area (Å²) in [4.78, 5) is 0. The van der Waals surface area contributed by atoms with Crippen molar-refractivity contribution < 1.29 is 0 Å². The molecule has 0 aromatic heterocycles. The second-order valence-corrected chi connectivity index (χ2v) is 5.95. The van der Waals surface area contributed by atoms with Crippen molar-refractivity contribution in [1.29, 1.82) is 0 Å². The third kappa shape index (κ3) is 3.33. The molecule has 0 fully saturated rings. The number of aryl methyl sites for hydroxylation is 1. The normalized spacial score (nSPS) is 11.9. The minimum absolute atomic E-state index is 1.01. The van der Waals surface area contributed by atoms with Crippen molar-refractivity contribution in [2.24, 2.45) is 0 Å². The Balaban J connectivity index is 2.32.